The molecule has 12 rings (SSSR count). The van der Waals surface area contributed by atoms with Crippen LogP contribution in [-0.2, 0) is 35.9 Å². The third kappa shape index (κ3) is 4.98. The number of ether oxygens (including phenoxy) is 5. The largest absolute Gasteiger partial charge is 0.482 e. The Bertz CT molecular complexity index is 2670. The van der Waals surface area contributed by atoms with Gasteiger partial charge in [0.15, 0.2) is 28.5 Å². The van der Waals surface area contributed by atoms with E-state index >= 15 is 9.59 Å². The summed E-state index contributed by atoms with van der Waals surface area (Å²) in [4.78, 5) is 60.5. The first kappa shape index (κ1) is 40.5. The number of nitrogens with zero attached hydrogens (tertiary/aromatic N) is 1. The average molecular weight is 853 g/mol. The Balaban J connectivity index is 1.27. The molecule has 0 radical (unpaired) electrons. The summed E-state index contributed by atoms with van der Waals surface area (Å²) in [5.41, 5.74) is 3.02. The molecular formula is C52H56N2O9. The smallest absolute Gasteiger partial charge is 0.333 e. The van der Waals surface area contributed by atoms with E-state index in [0.29, 0.717) is 71.9 Å². The van der Waals surface area contributed by atoms with Gasteiger partial charge < -0.3 is 28.6 Å². The van der Waals surface area contributed by atoms with Crippen LogP contribution in [-0.4, -0.2) is 71.0 Å². The molecule has 11 heteroatoms. The van der Waals surface area contributed by atoms with Crippen molar-refractivity contribution < 1.29 is 42.9 Å². The molecule has 328 valence electrons. The SMILES string of the molecule is COC(=O)/C(C)=C\CC12OC(C)(C)C3CC(C1=O)C1C4=C(c5ccccc5C4=O)N4CCNC45c4c(c(CC=C(C)C)c6c7c4OC(=O)CC7=CC(C)(CCC=C(C)C)O6)OC32C15. The summed E-state index contributed by atoms with van der Waals surface area (Å²) in [6, 6.07) is 7.76. The van der Waals surface area contributed by atoms with E-state index in [1.807, 2.05) is 38.1 Å². The standard InChI is InChI=1S/C52H56N2O9/c1-26(2)13-12-19-49(8)25-29-23-35(55)60-44-36(29)42(61-49)32(17-16-27(3)4)43-39(44)52-45-37(38-40(54(52)22-21-53-52)30-14-10-11-15-31(30)41(38)56)33-24-34-48(6,7)63-50(46(33)57,51(34,45)62-43)20-18-28(5)47(58)59-9/h10-11,13-16,18,25,33-34,37,45,53H,12,17,19-24H2,1-9H3/b28-18-. The number of esters is 2. The number of rotatable bonds is 8. The number of hydrogen-bond donors (Lipinski definition) is 1. The van der Waals surface area contributed by atoms with Crippen LogP contribution in [0.25, 0.3) is 11.3 Å². The summed E-state index contributed by atoms with van der Waals surface area (Å²) in [7, 11) is 1.35. The van der Waals surface area contributed by atoms with Gasteiger partial charge in [0.25, 0.3) is 0 Å². The highest BCUT2D eigenvalue weighted by molar-refractivity contribution is 6.22. The van der Waals surface area contributed by atoms with Crippen molar-refractivity contribution in [3.05, 3.63) is 98.7 Å². The van der Waals surface area contributed by atoms with Crippen molar-refractivity contribution in [3.63, 3.8) is 0 Å². The fourth-order valence-electron chi connectivity index (χ4n) is 13.8. The zero-order valence-electron chi connectivity index (χ0n) is 37.7. The minimum absolute atomic E-state index is 0.0554. The number of methoxy groups -OCH3 is 1. The molecule has 2 saturated heterocycles. The molecule has 3 saturated carbocycles. The van der Waals surface area contributed by atoms with Crippen molar-refractivity contribution >= 4 is 34.8 Å². The number of benzene rings is 2. The number of hydrogen-bond acceptors (Lipinski definition) is 11. The first-order chi connectivity index (χ1) is 29.9. The third-order valence-electron chi connectivity index (χ3n) is 15.9. The van der Waals surface area contributed by atoms with Gasteiger partial charge in [0, 0.05) is 65.1 Å². The quantitative estimate of drug-likeness (QED) is 0.120. The van der Waals surface area contributed by atoms with Crippen molar-refractivity contribution in [1.29, 1.82) is 0 Å². The second-order valence-corrected chi connectivity index (χ2v) is 20.5. The first-order valence-corrected chi connectivity index (χ1v) is 22.7. The Morgan fingerprint density at radius 1 is 0.952 bits per heavy atom. The number of allylic oxidation sites excluding steroid dienone is 5. The highest BCUT2D eigenvalue weighted by atomic mass is 16.6. The van der Waals surface area contributed by atoms with Crippen LogP contribution in [0, 0.1) is 23.7 Å². The number of fused-ring (bicyclic) bond motifs is 5. The lowest BCUT2D eigenvalue weighted by molar-refractivity contribution is -0.245. The molecule has 6 heterocycles. The molecule has 10 aliphatic rings. The zero-order valence-corrected chi connectivity index (χ0v) is 37.7. The van der Waals surface area contributed by atoms with Gasteiger partial charge in [-0.3, -0.25) is 19.7 Å². The van der Waals surface area contributed by atoms with Crippen LogP contribution < -0.4 is 19.5 Å². The summed E-state index contributed by atoms with van der Waals surface area (Å²) in [5.74, 6) is -1.59. The minimum Gasteiger partial charge on any atom is -0.482 e. The minimum atomic E-state index is -1.57. The molecule has 4 aliphatic carbocycles. The van der Waals surface area contributed by atoms with E-state index in [1.165, 1.54) is 12.7 Å². The number of ketones is 2. The predicted octanol–water partition coefficient (Wildman–Crippen LogP) is 8.10. The molecule has 63 heavy (non-hydrogen) atoms. The lowest BCUT2D eigenvalue weighted by Crippen LogP contribution is -2.84. The highest BCUT2D eigenvalue weighted by Crippen LogP contribution is 2.79. The monoisotopic (exact) mass is 852 g/mol. The summed E-state index contributed by atoms with van der Waals surface area (Å²) in [5, 5.41) is 4.07. The topological polar surface area (TPSA) is 130 Å². The molecule has 2 spiro atoms. The molecule has 5 fully saturated rings. The van der Waals surface area contributed by atoms with E-state index in [1.54, 1.807) is 13.0 Å². The Morgan fingerprint density at radius 2 is 1.70 bits per heavy atom. The maximum absolute atomic E-state index is 16.0. The van der Waals surface area contributed by atoms with E-state index in [-0.39, 0.29) is 36.3 Å². The Kier molecular flexibility index (Phi) is 8.46. The van der Waals surface area contributed by atoms with Crippen LogP contribution in [0.15, 0.2) is 70.9 Å². The maximum Gasteiger partial charge on any atom is 0.333 e. The lowest BCUT2D eigenvalue weighted by atomic mass is 9.39. The van der Waals surface area contributed by atoms with Crippen molar-refractivity contribution in [2.45, 2.75) is 122 Å². The fraction of sp³-hybridized carbons (Fsp3) is 0.500. The van der Waals surface area contributed by atoms with Gasteiger partial charge in [0.1, 0.15) is 22.8 Å². The molecule has 4 bridgehead atoms. The first-order valence-electron chi connectivity index (χ1n) is 22.7. The Labute approximate surface area is 368 Å². The second kappa shape index (κ2) is 13.2. The molecule has 8 atom stereocenters. The molecule has 6 aliphatic heterocycles. The Hall–Kier alpha value is -5.26. The predicted molar refractivity (Wildman–Crippen MR) is 235 cm³/mol. The van der Waals surface area contributed by atoms with Crippen molar-refractivity contribution in [2.24, 2.45) is 23.7 Å². The van der Waals surface area contributed by atoms with Gasteiger partial charge in [-0.05, 0) is 92.7 Å². The average Bonchev–Trinajstić information content (AvgIpc) is 3.83. The number of Topliss-reactive ketones (excluding diaryl/α,β-unsaturated/α-hetero) is 2. The van der Waals surface area contributed by atoms with Crippen LogP contribution in [0.5, 0.6) is 17.2 Å². The van der Waals surface area contributed by atoms with Gasteiger partial charge in [-0.2, -0.15) is 0 Å². The van der Waals surface area contributed by atoms with Crippen LogP contribution in [0.2, 0.25) is 0 Å². The highest BCUT2D eigenvalue weighted by Gasteiger charge is 2.89. The summed E-state index contributed by atoms with van der Waals surface area (Å²) in [6.07, 6.45) is 10.8. The van der Waals surface area contributed by atoms with E-state index in [2.05, 4.69) is 63.1 Å². The van der Waals surface area contributed by atoms with Crippen LogP contribution in [0.3, 0.4) is 0 Å². The van der Waals surface area contributed by atoms with Crippen molar-refractivity contribution in [2.75, 3.05) is 20.2 Å². The molecule has 1 N–H and O–H groups in total. The van der Waals surface area contributed by atoms with E-state index < -0.39 is 51.8 Å². The van der Waals surface area contributed by atoms with Crippen molar-refractivity contribution in [3.8, 4) is 17.2 Å². The van der Waals surface area contributed by atoms with E-state index in [4.69, 9.17) is 23.7 Å². The molecule has 0 amide bonds. The summed E-state index contributed by atoms with van der Waals surface area (Å²) >= 11 is 0. The van der Waals surface area contributed by atoms with Gasteiger partial charge in [-0.1, -0.05) is 53.6 Å². The molecule has 2 aromatic carbocycles. The van der Waals surface area contributed by atoms with Gasteiger partial charge in [-0.15, -0.1) is 0 Å². The maximum atomic E-state index is 16.0. The zero-order chi connectivity index (χ0) is 44.3. The van der Waals surface area contributed by atoms with E-state index in [0.717, 1.165) is 40.0 Å². The van der Waals surface area contributed by atoms with Crippen LogP contribution >= 0.6 is 0 Å². The van der Waals surface area contributed by atoms with Gasteiger partial charge >= 0.3 is 11.9 Å². The number of carbonyl (C=O) groups is 4. The van der Waals surface area contributed by atoms with Gasteiger partial charge in [0.05, 0.1) is 41.9 Å². The molecule has 8 unspecified atom stereocenters. The van der Waals surface area contributed by atoms with Gasteiger partial charge in [-0.25, -0.2) is 4.79 Å². The molecule has 0 aromatic heterocycles. The number of carbonyl (C=O) groups excluding carboxylic acids is 4. The Morgan fingerprint density at radius 3 is 2.43 bits per heavy atom. The molecular weight excluding hydrogens is 797 g/mol. The normalized spacial score (nSPS) is 34.0. The lowest BCUT2D eigenvalue weighted by Gasteiger charge is -2.71. The summed E-state index contributed by atoms with van der Waals surface area (Å²) in [6.45, 7) is 17.3. The van der Waals surface area contributed by atoms with Gasteiger partial charge in [0.2, 0.25) is 0 Å². The van der Waals surface area contributed by atoms with Crippen LogP contribution in [0.4, 0.5) is 0 Å². The molecule has 11 nitrogen and oxygen atoms in total. The summed E-state index contributed by atoms with van der Waals surface area (Å²) < 4.78 is 34.4. The van der Waals surface area contributed by atoms with E-state index in [9.17, 15) is 9.59 Å². The van der Waals surface area contributed by atoms with Crippen LogP contribution in [0.1, 0.15) is 120 Å². The number of nitrogens with one attached hydrogen (secondary N) is 1. The third-order valence-corrected chi connectivity index (χ3v) is 15.9. The second-order valence-electron chi connectivity index (χ2n) is 20.5. The molecule has 2 aromatic rings. The van der Waals surface area contributed by atoms with Crippen molar-refractivity contribution in [1.82, 2.24) is 10.2 Å². The fourth-order valence-corrected chi connectivity index (χ4v) is 13.8.